The van der Waals surface area contributed by atoms with E-state index in [1.807, 2.05) is 30.3 Å². The molecule has 0 aliphatic carbocycles. The fourth-order valence-corrected chi connectivity index (χ4v) is 2.12. The lowest BCUT2D eigenvalue weighted by atomic mass is 10.1. The van der Waals surface area contributed by atoms with Crippen molar-refractivity contribution in [2.75, 3.05) is 11.9 Å². The van der Waals surface area contributed by atoms with E-state index in [0.717, 1.165) is 5.56 Å². The number of carbonyl (C=O) groups is 1. The number of rotatable bonds is 5. The summed E-state index contributed by atoms with van der Waals surface area (Å²) >= 11 is 5.96. The van der Waals surface area contributed by atoms with Gasteiger partial charge in [0.2, 0.25) is 5.82 Å². The van der Waals surface area contributed by atoms with Crippen LogP contribution in [0.2, 0.25) is 5.02 Å². The van der Waals surface area contributed by atoms with Gasteiger partial charge in [0.15, 0.2) is 12.3 Å². The Labute approximate surface area is 137 Å². The molecule has 3 rings (SSSR count). The molecular weight excluding hydrogens is 318 g/mol. The number of anilines is 1. The number of ether oxygens (including phenoxy) is 1. The number of nitrogens with zero attached hydrogens (tertiary/aromatic N) is 2. The zero-order chi connectivity index (χ0) is 16.1. The molecule has 7 heteroatoms. The van der Waals surface area contributed by atoms with Crippen molar-refractivity contribution in [3.63, 3.8) is 0 Å². The molecule has 1 N–H and O–H groups in total. The average molecular weight is 330 g/mol. The molecule has 23 heavy (non-hydrogen) atoms. The van der Waals surface area contributed by atoms with Crippen LogP contribution in [0.1, 0.15) is 0 Å². The van der Waals surface area contributed by atoms with Crippen LogP contribution in [0.4, 0.5) is 5.82 Å². The van der Waals surface area contributed by atoms with E-state index in [-0.39, 0.29) is 12.4 Å². The first kappa shape index (κ1) is 15.1. The molecule has 0 aliphatic rings. The van der Waals surface area contributed by atoms with Gasteiger partial charge < -0.3 is 10.1 Å². The molecule has 1 amide bonds. The van der Waals surface area contributed by atoms with Gasteiger partial charge in [0, 0.05) is 5.56 Å². The monoisotopic (exact) mass is 329 g/mol. The van der Waals surface area contributed by atoms with Gasteiger partial charge in [0.25, 0.3) is 5.91 Å². The molecule has 0 aliphatic heterocycles. The Balaban J connectivity index is 1.65. The van der Waals surface area contributed by atoms with Crippen molar-refractivity contribution in [2.45, 2.75) is 0 Å². The minimum atomic E-state index is -0.391. The van der Waals surface area contributed by atoms with Crippen molar-refractivity contribution in [2.24, 2.45) is 0 Å². The van der Waals surface area contributed by atoms with Crippen LogP contribution >= 0.6 is 11.6 Å². The molecule has 0 fully saturated rings. The highest BCUT2D eigenvalue weighted by Gasteiger charge is 2.15. The van der Waals surface area contributed by atoms with Crippen molar-refractivity contribution >= 4 is 23.3 Å². The number of hydrogen-bond acceptors (Lipinski definition) is 5. The van der Waals surface area contributed by atoms with E-state index in [0.29, 0.717) is 16.5 Å². The number of hydrogen-bond donors (Lipinski definition) is 1. The van der Waals surface area contributed by atoms with E-state index in [1.54, 1.807) is 24.3 Å². The molecule has 3 aromatic rings. The first-order valence-corrected chi connectivity index (χ1v) is 7.17. The second-order valence-corrected chi connectivity index (χ2v) is 5.00. The zero-order valence-corrected chi connectivity index (χ0v) is 12.7. The molecule has 1 heterocycles. The fraction of sp³-hybridized carbons (Fsp3) is 0.0625. The molecule has 0 saturated heterocycles. The third kappa shape index (κ3) is 3.67. The first-order chi connectivity index (χ1) is 11.2. The Hall–Kier alpha value is -2.86. The van der Waals surface area contributed by atoms with E-state index in [9.17, 15) is 4.79 Å². The van der Waals surface area contributed by atoms with Crippen LogP contribution in [-0.4, -0.2) is 22.8 Å². The Morgan fingerprint density at radius 3 is 2.61 bits per heavy atom. The second kappa shape index (κ2) is 6.93. The van der Waals surface area contributed by atoms with Crippen LogP contribution in [0.3, 0.4) is 0 Å². The normalized spacial score (nSPS) is 10.3. The predicted octanol–water partition coefficient (Wildman–Crippen LogP) is 3.41. The maximum absolute atomic E-state index is 12.0. The van der Waals surface area contributed by atoms with E-state index >= 15 is 0 Å². The largest absolute Gasteiger partial charge is 0.482 e. The second-order valence-electron chi connectivity index (χ2n) is 4.59. The molecule has 6 nitrogen and oxygen atoms in total. The standard InChI is InChI=1S/C16H12ClN3O3/c17-12-8-4-5-9-13(12)22-10-14(21)18-16-15(19-23-20-16)11-6-2-1-3-7-11/h1-9H,10H2,(H,18,20,21). The number of benzene rings is 2. The topological polar surface area (TPSA) is 77.2 Å². The Morgan fingerprint density at radius 2 is 1.83 bits per heavy atom. The number of halogens is 1. The number of para-hydroxylation sites is 1. The van der Waals surface area contributed by atoms with Gasteiger partial charge in [-0.2, -0.15) is 0 Å². The SMILES string of the molecule is O=C(COc1ccccc1Cl)Nc1nonc1-c1ccccc1. The van der Waals surface area contributed by atoms with Gasteiger partial charge >= 0.3 is 0 Å². The summed E-state index contributed by atoms with van der Waals surface area (Å²) in [5.41, 5.74) is 1.24. The van der Waals surface area contributed by atoms with E-state index in [4.69, 9.17) is 21.0 Å². The average Bonchev–Trinajstić information content (AvgIpc) is 3.03. The quantitative estimate of drug-likeness (QED) is 0.776. The first-order valence-electron chi connectivity index (χ1n) is 6.79. The molecule has 116 valence electrons. The minimum Gasteiger partial charge on any atom is -0.482 e. The summed E-state index contributed by atoms with van der Waals surface area (Å²) < 4.78 is 10.1. The minimum absolute atomic E-state index is 0.204. The van der Waals surface area contributed by atoms with Crippen molar-refractivity contribution in [3.8, 4) is 17.0 Å². The van der Waals surface area contributed by atoms with Crippen LogP contribution in [0, 0.1) is 0 Å². The van der Waals surface area contributed by atoms with E-state index in [2.05, 4.69) is 15.6 Å². The summed E-state index contributed by atoms with van der Waals surface area (Å²) in [6.45, 7) is -0.204. The van der Waals surface area contributed by atoms with Crippen molar-refractivity contribution in [3.05, 3.63) is 59.6 Å². The number of carbonyl (C=O) groups excluding carboxylic acids is 1. The lowest BCUT2D eigenvalue weighted by Gasteiger charge is -2.07. The summed E-state index contributed by atoms with van der Waals surface area (Å²) in [5, 5.41) is 10.6. The number of amides is 1. The Morgan fingerprint density at radius 1 is 1.09 bits per heavy atom. The number of aromatic nitrogens is 2. The molecule has 0 atom stereocenters. The van der Waals surface area contributed by atoms with Crippen LogP contribution in [0.25, 0.3) is 11.3 Å². The highest BCUT2D eigenvalue weighted by molar-refractivity contribution is 6.32. The van der Waals surface area contributed by atoms with Crippen molar-refractivity contribution < 1.29 is 14.2 Å². The summed E-state index contributed by atoms with van der Waals surface area (Å²) in [5.74, 6) is 0.285. The van der Waals surface area contributed by atoms with Gasteiger partial charge in [0.1, 0.15) is 5.75 Å². The number of nitrogens with one attached hydrogen (secondary N) is 1. The summed E-state index contributed by atoms with van der Waals surface area (Å²) in [6, 6.07) is 16.2. The van der Waals surface area contributed by atoms with Crippen LogP contribution in [-0.2, 0) is 4.79 Å². The molecule has 0 radical (unpaired) electrons. The molecule has 2 aromatic carbocycles. The maximum atomic E-state index is 12.0. The summed E-state index contributed by atoms with van der Waals surface area (Å²) in [6.07, 6.45) is 0. The van der Waals surface area contributed by atoms with Gasteiger partial charge in [-0.15, -0.1) is 0 Å². The fourth-order valence-electron chi connectivity index (χ4n) is 1.93. The Kier molecular flexibility index (Phi) is 4.54. The van der Waals surface area contributed by atoms with E-state index < -0.39 is 5.91 Å². The smallest absolute Gasteiger partial charge is 0.263 e. The van der Waals surface area contributed by atoms with Gasteiger partial charge in [-0.05, 0) is 22.4 Å². The van der Waals surface area contributed by atoms with Crippen LogP contribution < -0.4 is 10.1 Å². The molecule has 1 aromatic heterocycles. The van der Waals surface area contributed by atoms with Crippen LogP contribution in [0.15, 0.2) is 59.2 Å². The molecule has 0 bridgehead atoms. The van der Waals surface area contributed by atoms with Crippen molar-refractivity contribution in [1.82, 2.24) is 10.3 Å². The highest BCUT2D eigenvalue weighted by Crippen LogP contribution is 2.25. The van der Waals surface area contributed by atoms with E-state index in [1.165, 1.54) is 0 Å². The lowest BCUT2D eigenvalue weighted by Crippen LogP contribution is -2.20. The van der Waals surface area contributed by atoms with Gasteiger partial charge in [-0.25, -0.2) is 4.63 Å². The van der Waals surface area contributed by atoms with Gasteiger partial charge in [0.05, 0.1) is 5.02 Å². The van der Waals surface area contributed by atoms with Gasteiger partial charge in [-0.3, -0.25) is 4.79 Å². The molecule has 0 unspecified atom stereocenters. The van der Waals surface area contributed by atoms with Crippen LogP contribution in [0.5, 0.6) is 5.75 Å². The Bertz CT molecular complexity index is 805. The lowest BCUT2D eigenvalue weighted by molar-refractivity contribution is -0.118. The molecule has 0 spiro atoms. The zero-order valence-electron chi connectivity index (χ0n) is 11.9. The summed E-state index contributed by atoms with van der Waals surface area (Å²) in [7, 11) is 0. The summed E-state index contributed by atoms with van der Waals surface area (Å²) in [4.78, 5) is 12.0. The molecular formula is C16H12ClN3O3. The third-order valence-corrected chi connectivity index (χ3v) is 3.30. The highest BCUT2D eigenvalue weighted by atomic mass is 35.5. The maximum Gasteiger partial charge on any atom is 0.263 e. The van der Waals surface area contributed by atoms with Crippen molar-refractivity contribution in [1.29, 1.82) is 0 Å². The predicted molar refractivity (Wildman–Crippen MR) is 85.3 cm³/mol. The third-order valence-electron chi connectivity index (χ3n) is 2.99. The van der Waals surface area contributed by atoms with Gasteiger partial charge in [-0.1, -0.05) is 54.1 Å². The molecule has 0 saturated carbocycles.